The molecule has 1 aromatic carbocycles. The highest BCUT2D eigenvalue weighted by Gasteiger charge is 2.39. The van der Waals surface area contributed by atoms with Crippen LogP contribution in [-0.4, -0.2) is 10.1 Å². The molecule has 3 rings (SSSR count). The fourth-order valence-corrected chi connectivity index (χ4v) is 2.48. The molecule has 19 heavy (non-hydrogen) atoms. The van der Waals surface area contributed by atoms with Gasteiger partial charge >= 0.3 is 0 Å². The molecule has 1 heterocycles. The highest BCUT2D eigenvalue weighted by atomic mass is 16.5. The van der Waals surface area contributed by atoms with Crippen LogP contribution in [0.25, 0.3) is 0 Å². The lowest BCUT2D eigenvalue weighted by Gasteiger charge is -2.34. The number of rotatable bonds is 3. The van der Waals surface area contributed by atoms with Crippen molar-refractivity contribution in [1.29, 1.82) is 0 Å². The predicted molar refractivity (Wildman–Crippen MR) is 72.7 cm³/mol. The zero-order chi connectivity index (χ0) is 13.5. The van der Waals surface area contributed by atoms with Crippen molar-refractivity contribution < 1.29 is 4.52 Å². The minimum Gasteiger partial charge on any atom is -0.339 e. The molecule has 1 aliphatic carbocycles. The molecule has 0 saturated heterocycles. The lowest BCUT2D eigenvalue weighted by molar-refractivity contribution is 0.228. The summed E-state index contributed by atoms with van der Waals surface area (Å²) in [6.45, 7) is 4.16. The first-order chi connectivity index (χ1) is 9.08. The fraction of sp³-hybridized carbons (Fsp3) is 0.467. The molecule has 4 nitrogen and oxygen atoms in total. The van der Waals surface area contributed by atoms with Crippen molar-refractivity contribution in [3.63, 3.8) is 0 Å². The van der Waals surface area contributed by atoms with Crippen LogP contribution >= 0.6 is 0 Å². The monoisotopic (exact) mass is 257 g/mol. The standard InChI is InChI=1S/C15H19N3O/c1-10-5-3-6-12(9-10)11(2)13-17-14(18-19-13)15(16)7-4-8-15/h3,5-6,9,11H,4,7-8,16H2,1-2H3. The molecule has 0 amide bonds. The number of hydrogen-bond donors (Lipinski definition) is 1. The highest BCUT2D eigenvalue weighted by Crippen LogP contribution is 2.37. The van der Waals surface area contributed by atoms with E-state index in [-0.39, 0.29) is 11.5 Å². The van der Waals surface area contributed by atoms with Gasteiger partial charge in [0.15, 0.2) is 5.82 Å². The molecule has 1 aliphatic rings. The third-order valence-corrected chi connectivity index (χ3v) is 4.05. The summed E-state index contributed by atoms with van der Waals surface area (Å²) in [5.74, 6) is 1.41. The van der Waals surface area contributed by atoms with E-state index in [4.69, 9.17) is 10.3 Å². The number of aromatic nitrogens is 2. The van der Waals surface area contributed by atoms with Crippen LogP contribution in [0.5, 0.6) is 0 Å². The Morgan fingerprint density at radius 1 is 1.37 bits per heavy atom. The van der Waals surface area contributed by atoms with Crippen molar-refractivity contribution in [3.8, 4) is 0 Å². The number of benzene rings is 1. The molecule has 0 bridgehead atoms. The first-order valence-corrected chi connectivity index (χ1v) is 6.78. The van der Waals surface area contributed by atoms with Crippen molar-refractivity contribution >= 4 is 0 Å². The molecule has 0 radical (unpaired) electrons. The molecule has 4 heteroatoms. The largest absolute Gasteiger partial charge is 0.339 e. The Kier molecular flexibility index (Phi) is 2.90. The summed E-state index contributed by atoms with van der Waals surface area (Å²) in [5.41, 5.74) is 8.29. The Hall–Kier alpha value is -1.68. The van der Waals surface area contributed by atoms with Crippen molar-refractivity contribution in [2.75, 3.05) is 0 Å². The van der Waals surface area contributed by atoms with Crippen molar-refractivity contribution in [2.24, 2.45) is 5.73 Å². The maximum absolute atomic E-state index is 6.22. The average molecular weight is 257 g/mol. The maximum Gasteiger partial charge on any atom is 0.233 e. The summed E-state index contributed by atoms with van der Waals surface area (Å²) in [7, 11) is 0. The van der Waals surface area contributed by atoms with Gasteiger partial charge in [0.1, 0.15) is 0 Å². The molecule has 2 N–H and O–H groups in total. The van der Waals surface area contributed by atoms with E-state index in [1.54, 1.807) is 0 Å². The SMILES string of the molecule is Cc1cccc(C(C)c2nc(C3(N)CCC3)no2)c1. The average Bonchev–Trinajstić information content (AvgIpc) is 2.85. The molecule has 0 spiro atoms. The molecule has 2 aromatic rings. The predicted octanol–water partition coefficient (Wildman–Crippen LogP) is 2.87. The summed E-state index contributed by atoms with van der Waals surface area (Å²) in [4.78, 5) is 4.51. The molecule has 1 aromatic heterocycles. The molecule has 1 saturated carbocycles. The van der Waals surface area contributed by atoms with Crippen LogP contribution in [0, 0.1) is 6.92 Å². The van der Waals surface area contributed by atoms with Crippen LogP contribution in [0.3, 0.4) is 0 Å². The number of aryl methyl sites for hydroxylation is 1. The smallest absolute Gasteiger partial charge is 0.233 e. The minimum atomic E-state index is -0.353. The summed E-state index contributed by atoms with van der Waals surface area (Å²) >= 11 is 0. The molecule has 1 fully saturated rings. The quantitative estimate of drug-likeness (QED) is 0.918. The Bertz CT molecular complexity index is 587. The Morgan fingerprint density at radius 2 is 2.16 bits per heavy atom. The van der Waals surface area contributed by atoms with Gasteiger partial charge < -0.3 is 10.3 Å². The van der Waals surface area contributed by atoms with E-state index < -0.39 is 0 Å². The first-order valence-electron chi connectivity index (χ1n) is 6.78. The molecule has 1 unspecified atom stereocenters. The van der Waals surface area contributed by atoms with Crippen molar-refractivity contribution in [2.45, 2.75) is 44.6 Å². The van der Waals surface area contributed by atoms with Crippen LogP contribution in [0.2, 0.25) is 0 Å². The Balaban J connectivity index is 1.86. The van der Waals surface area contributed by atoms with E-state index in [1.807, 2.05) is 0 Å². The van der Waals surface area contributed by atoms with Gasteiger partial charge in [0, 0.05) is 0 Å². The topological polar surface area (TPSA) is 64.9 Å². The fourth-order valence-electron chi connectivity index (χ4n) is 2.48. The number of hydrogen-bond acceptors (Lipinski definition) is 4. The van der Waals surface area contributed by atoms with E-state index >= 15 is 0 Å². The molecular formula is C15H19N3O. The maximum atomic E-state index is 6.22. The number of nitrogens with zero attached hydrogens (tertiary/aromatic N) is 2. The molecule has 1 atom stereocenters. The van der Waals surface area contributed by atoms with Gasteiger partial charge in [-0.1, -0.05) is 35.0 Å². The Morgan fingerprint density at radius 3 is 2.79 bits per heavy atom. The van der Waals surface area contributed by atoms with Crippen molar-refractivity contribution in [3.05, 3.63) is 47.1 Å². The Labute approximate surface area is 113 Å². The lowest BCUT2D eigenvalue weighted by Crippen LogP contribution is -2.44. The van der Waals surface area contributed by atoms with E-state index in [0.29, 0.717) is 11.7 Å². The van der Waals surface area contributed by atoms with Gasteiger partial charge in [-0.25, -0.2) is 0 Å². The van der Waals surface area contributed by atoms with E-state index in [2.05, 4.69) is 48.3 Å². The second-order valence-electron chi connectivity index (χ2n) is 5.60. The van der Waals surface area contributed by atoms with Gasteiger partial charge in [-0.15, -0.1) is 0 Å². The van der Waals surface area contributed by atoms with Crippen LogP contribution in [-0.2, 0) is 5.54 Å². The second-order valence-corrected chi connectivity index (χ2v) is 5.60. The van der Waals surface area contributed by atoms with Gasteiger partial charge in [-0.3, -0.25) is 0 Å². The van der Waals surface area contributed by atoms with E-state index in [0.717, 1.165) is 19.3 Å². The summed E-state index contributed by atoms with van der Waals surface area (Å²) < 4.78 is 5.40. The van der Waals surface area contributed by atoms with E-state index in [1.165, 1.54) is 11.1 Å². The van der Waals surface area contributed by atoms with Crippen LogP contribution in [0.15, 0.2) is 28.8 Å². The zero-order valence-corrected chi connectivity index (χ0v) is 11.4. The molecule has 0 aliphatic heterocycles. The third-order valence-electron chi connectivity index (χ3n) is 4.05. The van der Waals surface area contributed by atoms with Gasteiger partial charge in [0.2, 0.25) is 5.89 Å². The zero-order valence-electron chi connectivity index (χ0n) is 11.4. The molecule has 100 valence electrons. The normalized spacial score (nSPS) is 18.9. The van der Waals surface area contributed by atoms with Crippen LogP contribution in [0.4, 0.5) is 0 Å². The van der Waals surface area contributed by atoms with Crippen molar-refractivity contribution in [1.82, 2.24) is 10.1 Å². The van der Waals surface area contributed by atoms with Gasteiger partial charge in [-0.2, -0.15) is 4.98 Å². The molecular weight excluding hydrogens is 238 g/mol. The third kappa shape index (κ3) is 2.16. The minimum absolute atomic E-state index is 0.102. The van der Waals surface area contributed by atoms with E-state index in [9.17, 15) is 0 Å². The van der Waals surface area contributed by atoms with Gasteiger partial charge in [0.25, 0.3) is 0 Å². The summed E-state index contributed by atoms with van der Waals surface area (Å²) in [6, 6.07) is 8.37. The highest BCUT2D eigenvalue weighted by molar-refractivity contribution is 5.28. The first kappa shape index (κ1) is 12.4. The van der Waals surface area contributed by atoms with Gasteiger partial charge in [-0.05, 0) is 38.7 Å². The van der Waals surface area contributed by atoms with Crippen LogP contribution in [0.1, 0.15) is 54.9 Å². The lowest BCUT2D eigenvalue weighted by atomic mass is 9.77. The van der Waals surface area contributed by atoms with Crippen LogP contribution < -0.4 is 5.73 Å². The number of nitrogens with two attached hydrogens (primary N) is 1. The van der Waals surface area contributed by atoms with Gasteiger partial charge in [0.05, 0.1) is 11.5 Å². The summed E-state index contributed by atoms with van der Waals surface area (Å²) in [6.07, 6.45) is 3.05. The summed E-state index contributed by atoms with van der Waals surface area (Å²) in [5, 5.41) is 4.07. The second kappa shape index (κ2) is 4.46.